The lowest BCUT2D eigenvalue weighted by atomic mass is 10.1. The SMILES string of the molecule is CC.COc1c(C)ccc(C(=O)O)c1N=O. The van der Waals surface area contributed by atoms with Crippen LogP contribution in [0.15, 0.2) is 17.3 Å². The van der Waals surface area contributed by atoms with Crippen molar-refractivity contribution in [1.82, 2.24) is 0 Å². The third-order valence-electron chi connectivity index (χ3n) is 1.85. The van der Waals surface area contributed by atoms with E-state index < -0.39 is 5.97 Å². The largest absolute Gasteiger partial charge is 0.494 e. The van der Waals surface area contributed by atoms with Gasteiger partial charge < -0.3 is 9.84 Å². The number of aryl methyl sites for hydroxylation is 1. The first-order valence-electron chi connectivity index (χ1n) is 4.86. The number of carbonyl (C=O) groups is 1. The Morgan fingerprint density at radius 1 is 1.38 bits per heavy atom. The molecule has 0 heterocycles. The van der Waals surface area contributed by atoms with Crippen LogP contribution in [0.4, 0.5) is 5.69 Å². The Balaban J connectivity index is 0.00000106. The average molecular weight is 225 g/mol. The number of methoxy groups -OCH3 is 1. The van der Waals surface area contributed by atoms with Crippen molar-refractivity contribution in [3.05, 3.63) is 28.2 Å². The third kappa shape index (κ3) is 2.79. The highest BCUT2D eigenvalue weighted by molar-refractivity contribution is 5.95. The molecule has 16 heavy (non-hydrogen) atoms. The Labute approximate surface area is 94.0 Å². The maximum Gasteiger partial charge on any atom is 0.338 e. The predicted octanol–water partition coefficient (Wildman–Crippen LogP) is 3.13. The summed E-state index contributed by atoms with van der Waals surface area (Å²) in [6.45, 7) is 5.71. The van der Waals surface area contributed by atoms with Gasteiger partial charge in [-0.25, -0.2) is 4.79 Å². The van der Waals surface area contributed by atoms with E-state index in [0.717, 1.165) is 0 Å². The molecule has 1 aromatic rings. The predicted molar refractivity (Wildman–Crippen MR) is 61.5 cm³/mol. The second-order valence-corrected chi connectivity index (χ2v) is 2.71. The maximum atomic E-state index is 10.7. The monoisotopic (exact) mass is 225 g/mol. The van der Waals surface area contributed by atoms with Crippen LogP contribution >= 0.6 is 0 Å². The average Bonchev–Trinajstić information content (AvgIpc) is 2.30. The summed E-state index contributed by atoms with van der Waals surface area (Å²) in [6.07, 6.45) is 0. The number of rotatable bonds is 3. The summed E-state index contributed by atoms with van der Waals surface area (Å²) in [5.74, 6) is -0.988. The van der Waals surface area contributed by atoms with Gasteiger partial charge in [-0.15, -0.1) is 4.91 Å². The molecule has 0 bridgehead atoms. The van der Waals surface area contributed by atoms with Crippen LogP contribution < -0.4 is 4.74 Å². The van der Waals surface area contributed by atoms with E-state index in [0.29, 0.717) is 5.56 Å². The van der Waals surface area contributed by atoms with Gasteiger partial charge in [-0.2, -0.15) is 0 Å². The topological polar surface area (TPSA) is 76.0 Å². The minimum Gasteiger partial charge on any atom is -0.494 e. The van der Waals surface area contributed by atoms with E-state index in [1.54, 1.807) is 13.0 Å². The zero-order valence-corrected chi connectivity index (χ0v) is 9.77. The zero-order valence-electron chi connectivity index (χ0n) is 9.77. The Kier molecular flexibility index (Phi) is 5.77. The Hall–Kier alpha value is -1.91. The van der Waals surface area contributed by atoms with E-state index in [1.807, 2.05) is 13.8 Å². The summed E-state index contributed by atoms with van der Waals surface area (Å²) in [7, 11) is 1.36. The van der Waals surface area contributed by atoms with E-state index in [-0.39, 0.29) is 17.0 Å². The van der Waals surface area contributed by atoms with Gasteiger partial charge in [0.2, 0.25) is 0 Å². The van der Waals surface area contributed by atoms with Gasteiger partial charge in [0.15, 0.2) is 11.4 Å². The van der Waals surface area contributed by atoms with Crippen LogP contribution in [0, 0.1) is 11.8 Å². The molecule has 1 rings (SSSR count). The van der Waals surface area contributed by atoms with Crippen LogP contribution in [0.1, 0.15) is 29.8 Å². The molecule has 0 aliphatic heterocycles. The minimum atomic E-state index is -1.20. The van der Waals surface area contributed by atoms with Crippen molar-refractivity contribution in [2.75, 3.05) is 7.11 Å². The molecule has 0 atom stereocenters. The number of nitrogens with zero attached hydrogens (tertiary/aromatic N) is 1. The third-order valence-corrected chi connectivity index (χ3v) is 1.85. The second kappa shape index (κ2) is 6.55. The molecule has 5 heteroatoms. The molecule has 1 N–H and O–H groups in total. The highest BCUT2D eigenvalue weighted by atomic mass is 16.5. The Bertz CT molecular complexity index is 388. The van der Waals surface area contributed by atoms with Gasteiger partial charge in [-0.1, -0.05) is 19.9 Å². The lowest BCUT2D eigenvalue weighted by molar-refractivity contribution is 0.0697. The summed E-state index contributed by atoms with van der Waals surface area (Å²) in [5.41, 5.74) is 0.356. The maximum absolute atomic E-state index is 10.7. The lowest BCUT2D eigenvalue weighted by Crippen LogP contribution is -1.99. The normalized spacial score (nSPS) is 8.75. The van der Waals surface area contributed by atoms with Crippen LogP contribution in [-0.4, -0.2) is 18.2 Å². The number of carboxylic acids is 1. The first-order valence-corrected chi connectivity index (χ1v) is 4.86. The van der Waals surface area contributed by atoms with Crippen molar-refractivity contribution in [1.29, 1.82) is 0 Å². The van der Waals surface area contributed by atoms with E-state index >= 15 is 0 Å². The fourth-order valence-corrected chi connectivity index (χ4v) is 1.19. The van der Waals surface area contributed by atoms with Crippen molar-refractivity contribution in [2.24, 2.45) is 5.18 Å². The second-order valence-electron chi connectivity index (χ2n) is 2.71. The highest BCUT2D eigenvalue weighted by Gasteiger charge is 2.17. The quantitative estimate of drug-likeness (QED) is 0.802. The van der Waals surface area contributed by atoms with Gasteiger partial charge in [0.1, 0.15) is 0 Å². The summed E-state index contributed by atoms with van der Waals surface area (Å²) in [6, 6.07) is 2.90. The van der Waals surface area contributed by atoms with Gasteiger partial charge in [0.05, 0.1) is 12.7 Å². The number of hydrogen-bond donors (Lipinski definition) is 1. The molecule has 0 fully saturated rings. The lowest BCUT2D eigenvalue weighted by Gasteiger charge is -2.07. The van der Waals surface area contributed by atoms with Crippen LogP contribution in [-0.2, 0) is 0 Å². The van der Waals surface area contributed by atoms with Crippen LogP contribution in [0.5, 0.6) is 5.75 Å². The molecule has 88 valence electrons. The molecular formula is C11H15NO4. The molecule has 0 aliphatic rings. The van der Waals surface area contributed by atoms with E-state index in [4.69, 9.17) is 9.84 Å². The number of hydrogen-bond acceptors (Lipinski definition) is 4. The molecule has 0 amide bonds. The number of carboxylic acid groups (broad SMARTS) is 1. The molecule has 0 unspecified atom stereocenters. The van der Waals surface area contributed by atoms with E-state index in [2.05, 4.69) is 5.18 Å². The molecular weight excluding hydrogens is 210 g/mol. The number of nitroso groups, excluding NO2 is 1. The van der Waals surface area contributed by atoms with Gasteiger partial charge in [-0.3, -0.25) is 0 Å². The van der Waals surface area contributed by atoms with E-state index in [9.17, 15) is 9.70 Å². The van der Waals surface area contributed by atoms with Crippen molar-refractivity contribution in [3.63, 3.8) is 0 Å². The van der Waals surface area contributed by atoms with Crippen molar-refractivity contribution in [2.45, 2.75) is 20.8 Å². The standard InChI is InChI=1S/C9H9NO4.C2H6/c1-5-3-4-6(9(11)12)7(10-13)8(5)14-2;1-2/h3-4H,1-2H3,(H,11,12);1-2H3. The fourth-order valence-electron chi connectivity index (χ4n) is 1.19. The number of ether oxygens (including phenoxy) is 1. The van der Waals surface area contributed by atoms with E-state index in [1.165, 1.54) is 13.2 Å². The molecule has 5 nitrogen and oxygen atoms in total. The Morgan fingerprint density at radius 3 is 2.31 bits per heavy atom. The molecule has 0 spiro atoms. The molecule has 0 radical (unpaired) electrons. The van der Waals surface area contributed by atoms with Gasteiger partial charge in [-0.05, 0) is 23.7 Å². The van der Waals surface area contributed by atoms with Gasteiger partial charge in [0, 0.05) is 0 Å². The zero-order chi connectivity index (χ0) is 12.7. The smallest absolute Gasteiger partial charge is 0.338 e. The first-order chi connectivity index (χ1) is 7.61. The highest BCUT2D eigenvalue weighted by Crippen LogP contribution is 2.34. The van der Waals surface area contributed by atoms with Crippen LogP contribution in [0.25, 0.3) is 0 Å². The Morgan fingerprint density at radius 2 is 1.94 bits per heavy atom. The van der Waals surface area contributed by atoms with Crippen LogP contribution in [0.3, 0.4) is 0 Å². The van der Waals surface area contributed by atoms with Crippen molar-refractivity contribution in [3.8, 4) is 5.75 Å². The minimum absolute atomic E-state index is 0.151. The fraction of sp³-hybridized carbons (Fsp3) is 0.364. The first kappa shape index (κ1) is 14.1. The molecule has 1 aromatic carbocycles. The number of benzene rings is 1. The summed E-state index contributed by atoms with van der Waals surface area (Å²) in [5, 5.41) is 11.4. The molecule has 0 saturated carbocycles. The molecule has 0 aromatic heterocycles. The molecule has 0 saturated heterocycles. The van der Waals surface area contributed by atoms with Crippen molar-refractivity contribution < 1.29 is 14.6 Å². The number of aromatic carboxylic acids is 1. The van der Waals surface area contributed by atoms with Crippen molar-refractivity contribution >= 4 is 11.7 Å². The van der Waals surface area contributed by atoms with Crippen LogP contribution in [0.2, 0.25) is 0 Å². The summed E-state index contributed by atoms with van der Waals surface area (Å²) < 4.78 is 4.90. The van der Waals surface area contributed by atoms with Gasteiger partial charge in [0.25, 0.3) is 0 Å². The van der Waals surface area contributed by atoms with Gasteiger partial charge >= 0.3 is 5.97 Å². The molecule has 0 aliphatic carbocycles. The summed E-state index contributed by atoms with van der Waals surface area (Å²) >= 11 is 0. The summed E-state index contributed by atoms with van der Waals surface area (Å²) in [4.78, 5) is 21.2.